The summed E-state index contributed by atoms with van der Waals surface area (Å²) in [5.74, 6) is -0.775. The Bertz CT molecular complexity index is 376. The van der Waals surface area contributed by atoms with Crippen molar-refractivity contribution in [2.75, 3.05) is 13.0 Å². The maximum Gasteiger partial charge on any atom is 0.203 e. The lowest BCUT2D eigenvalue weighted by molar-refractivity contribution is 0.0986. The normalized spacial score (nSPS) is 10.0. The van der Waals surface area contributed by atoms with Crippen LogP contribution in [0.5, 0.6) is 17.2 Å². The third-order valence-corrected chi connectivity index (χ3v) is 2.13. The van der Waals surface area contributed by atoms with Crippen LogP contribution in [-0.4, -0.2) is 29.0 Å². The molecule has 0 aromatic heterocycles. The molecule has 0 aliphatic rings. The Balaban J connectivity index is 3.15. The fraction of sp³-hybridized carbons (Fsp3) is 0.300. The number of methoxy groups -OCH3 is 1. The van der Waals surface area contributed by atoms with E-state index >= 15 is 0 Å². The Labute approximate surface area is 92.1 Å². The largest absolute Gasteiger partial charge is 0.504 e. The number of ether oxygens (including phenoxy) is 1. The van der Waals surface area contributed by atoms with Crippen molar-refractivity contribution in [3.63, 3.8) is 0 Å². The molecule has 0 aliphatic carbocycles. The Morgan fingerprint density at radius 3 is 2.67 bits per heavy atom. The van der Waals surface area contributed by atoms with Crippen molar-refractivity contribution in [2.45, 2.75) is 6.42 Å². The maximum absolute atomic E-state index is 11.5. The first-order valence-electron chi connectivity index (χ1n) is 4.30. The smallest absolute Gasteiger partial charge is 0.203 e. The van der Waals surface area contributed by atoms with Crippen LogP contribution in [0.4, 0.5) is 0 Å². The highest BCUT2D eigenvalue weighted by Gasteiger charge is 2.17. The van der Waals surface area contributed by atoms with E-state index < -0.39 is 0 Å². The Kier molecular flexibility index (Phi) is 3.80. The summed E-state index contributed by atoms with van der Waals surface area (Å²) in [5.41, 5.74) is 0.102. The van der Waals surface area contributed by atoms with Crippen LogP contribution in [0.3, 0.4) is 0 Å². The first-order chi connectivity index (χ1) is 7.11. The summed E-state index contributed by atoms with van der Waals surface area (Å²) in [6.45, 7) is 0. The quantitative estimate of drug-likeness (QED) is 0.613. The first-order valence-corrected chi connectivity index (χ1v) is 4.83. The van der Waals surface area contributed by atoms with E-state index in [4.69, 9.17) is 16.3 Å². The Hall–Kier alpha value is -1.42. The number of carbonyl (C=O) groups is 1. The average molecular weight is 231 g/mol. The van der Waals surface area contributed by atoms with Gasteiger partial charge in [-0.1, -0.05) is 0 Å². The number of rotatable bonds is 4. The molecule has 0 unspecified atom stereocenters. The third-order valence-electron chi connectivity index (χ3n) is 1.94. The average Bonchev–Trinajstić information content (AvgIpc) is 2.18. The topological polar surface area (TPSA) is 66.8 Å². The van der Waals surface area contributed by atoms with Crippen molar-refractivity contribution in [1.29, 1.82) is 0 Å². The van der Waals surface area contributed by atoms with Crippen LogP contribution < -0.4 is 4.74 Å². The van der Waals surface area contributed by atoms with E-state index in [1.165, 1.54) is 19.2 Å². The molecule has 1 aromatic rings. The molecular formula is C10H11ClO4. The minimum Gasteiger partial charge on any atom is -0.504 e. The van der Waals surface area contributed by atoms with E-state index in [1.54, 1.807) is 0 Å². The molecule has 0 aliphatic heterocycles. The van der Waals surface area contributed by atoms with Gasteiger partial charge in [-0.15, -0.1) is 11.6 Å². The van der Waals surface area contributed by atoms with Crippen molar-refractivity contribution in [3.05, 3.63) is 17.7 Å². The standard InChI is InChI=1S/C10H11ClO4/c1-15-10-8(13)3-2-6(9(10)14)7(12)4-5-11/h2-3,13-14H,4-5H2,1H3. The molecule has 0 saturated heterocycles. The number of benzene rings is 1. The van der Waals surface area contributed by atoms with Crippen molar-refractivity contribution in [3.8, 4) is 17.2 Å². The molecule has 0 bridgehead atoms. The second-order valence-electron chi connectivity index (χ2n) is 2.88. The van der Waals surface area contributed by atoms with Crippen LogP contribution in [0, 0.1) is 0 Å². The SMILES string of the molecule is COc1c(O)ccc(C(=O)CCCl)c1O. The van der Waals surface area contributed by atoms with Gasteiger partial charge in [-0.25, -0.2) is 0 Å². The second kappa shape index (κ2) is 4.89. The van der Waals surface area contributed by atoms with Crippen molar-refractivity contribution in [1.82, 2.24) is 0 Å². The van der Waals surface area contributed by atoms with Crippen LogP contribution in [-0.2, 0) is 0 Å². The number of hydrogen-bond donors (Lipinski definition) is 2. The van der Waals surface area contributed by atoms with Crippen LogP contribution in [0.15, 0.2) is 12.1 Å². The molecule has 5 heteroatoms. The van der Waals surface area contributed by atoms with E-state index in [1.807, 2.05) is 0 Å². The maximum atomic E-state index is 11.5. The van der Waals surface area contributed by atoms with Gasteiger partial charge in [0.05, 0.1) is 12.7 Å². The summed E-state index contributed by atoms with van der Waals surface area (Å²) >= 11 is 5.42. The van der Waals surface area contributed by atoms with Crippen molar-refractivity contribution in [2.24, 2.45) is 0 Å². The lowest BCUT2D eigenvalue weighted by atomic mass is 10.1. The van der Waals surface area contributed by atoms with Gasteiger partial charge in [-0.2, -0.15) is 0 Å². The molecule has 0 radical (unpaired) electrons. The third kappa shape index (κ3) is 2.33. The molecule has 0 amide bonds. The number of phenolic OH excluding ortho intramolecular Hbond substituents is 2. The first kappa shape index (κ1) is 11.7. The molecular weight excluding hydrogens is 220 g/mol. The van der Waals surface area contributed by atoms with E-state index in [-0.39, 0.29) is 40.9 Å². The van der Waals surface area contributed by atoms with Gasteiger partial charge in [0, 0.05) is 12.3 Å². The highest BCUT2D eigenvalue weighted by Crippen LogP contribution is 2.38. The zero-order valence-electron chi connectivity index (χ0n) is 8.16. The monoisotopic (exact) mass is 230 g/mol. The number of ketones is 1. The minimum atomic E-state index is -0.354. The Morgan fingerprint density at radius 2 is 2.13 bits per heavy atom. The van der Waals surface area contributed by atoms with Gasteiger partial charge in [-0.05, 0) is 12.1 Å². The summed E-state index contributed by atoms with van der Waals surface area (Å²) in [4.78, 5) is 11.5. The number of Topliss-reactive ketones (excluding diaryl/α,β-unsaturated/α-hetero) is 1. The van der Waals surface area contributed by atoms with Gasteiger partial charge in [0.1, 0.15) is 0 Å². The molecule has 0 heterocycles. The van der Waals surface area contributed by atoms with Crippen molar-refractivity contribution >= 4 is 17.4 Å². The number of carbonyl (C=O) groups excluding carboxylic acids is 1. The van der Waals surface area contributed by atoms with E-state index in [0.717, 1.165) is 0 Å². The van der Waals surface area contributed by atoms with Gasteiger partial charge >= 0.3 is 0 Å². The molecule has 2 N–H and O–H groups in total. The Morgan fingerprint density at radius 1 is 1.47 bits per heavy atom. The molecule has 0 spiro atoms. The number of alkyl halides is 1. The molecule has 4 nitrogen and oxygen atoms in total. The summed E-state index contributed by atoms with van der Waals surface area (Å²) in [6, 6.07) is 2.63. The number of phenols is 2. The van der Waals surface area contributed by atoms with Gasteiger partial charge in [0.15, 0.2) is 17.3 Å². The molecule has 82 valence electrons. The summed E-state index contributed by atoms with van der Waals surface area (Å²) in [5, 5.41) is 18.9. The van der Waals surface area contributed by atoms with Crippen LogP contribution >= 0.6 is 11.6 Å². The van der Waals surface area contributed by atoms with Gasteiger partial charge in [-0.3, -0.25) is 4.79 Å². The summed E-state index contributed by atoms with van der Waals surface area (Å²) < 4.78 is 4.76. The van der Waals surface area contributed by atoms with E-state index in [0.29, 0.717) is 0 Å². The second-order valence-corrected chi connectivity index (χ2v) is 3.25. The van der Waals surface area contributed by atoms with E-state index in [9.17, 15) is 15.0 Å². The number of halogens is 1. The van der Waals surface area contributed by atoms with Gasteiger partial charge in [0.25, 0.3) is 0 Å². The predicted octanol–water partition coefficient (Wildman–Crippen LogP) is 1.92. The van der Waals surface area contributed by atoms with Crippen LogP contribution in [0.1, 0.15) is 16.8 Å². The lowest BCUT2D eigenvalue weighted by Crippen LogP contribution is -2.01. The minimum absolute atomic E-state index is 0.101. The summed E-state index contributed by atoms with van der Waals surface area (Å²) in [6.07, 6.45) is 0.128. The zero-order valence-corrected chi connectivity index (χ0v) is 8.91. The fourth-order valence-corrected chi connectivity index (χ4v) is 1.38. The highest BCUT2D eigenvalue weighted by molar-refractivity contribution is 6.19. The van der Waals surface area contributed by atoms with Gasteiger partial charge < -0.3 is 14.9 Å². The number of aromatic hydroxyl groups is 2. The lowest BCUT2D eigenvalue weighted by Gasteiger charge is -2.09. The molecule has 1 aromatic carbocycles. The zero-order chi connectivity index (χ0) is 11.4. The molecule has 0 fully saturated rings. The fourth-order valence-electron chi connectivity index (χ4n) is 1.21. The van der Waals surface area contributed by atoms with Gasteiger partial charge in [0.2, 0.25) is 5.75 Å². The molecule has 1 rings (SSSR count). The highest BCUT2D eigenvalue weighted by atomic mass is 35.5. The summed E-state index contributed by atoms with van der Waals surface area (Å²) in [7, 11) is 1.30. The van der Waals surface area contributed by atoms with Crippen LogP contribution in [0.25, 0.3) is 0 Å². The molecule has 15 heavy (non-hydrogen) atoms. The molecule has 0 saturated carbocycles. The molecule has 0 atom stereocenters. The number of hydrogen-bond acceptors (Lipinski definition) is 4. The van der Waals surface area contributed by atoms with Crippen LogP contribution in [0.2, 0.25) is 0 Å². The predicted molar refractivity (Wildman–Crippen MR) is 56.0 cm³/mol. The van der Waals surface area contributed by atoms with E-state index in [2.05, 4.69) is 0 Å². The van der Waals surface area contributed by atoms with Crippen molar-refractivity contribution < 1.29 is 19.7 Å².